The molecule has 0 spiro atoms. The first-order chi connectivity index (χ1) is 13.4. The monoisotopic (exact) mass is 418 g/mol. The summed E-state index contributed by atoms with van der Waals surface area (Å²) in [7, 11) is -3.79. The van der Waals surface area contributed by atoms with Crippen LogP contribution in [0.25, 0.3) is 0 Å². The van der Waals surface area contributed by atoms with E-state index in [9.17, 15) is 13.2 Å². The van der Waals surface area contributed by atoms with Gasteiger partial charge in [-0.25, -0.2) is 8.42 Å². The van der Waals surface area contributed by atoms with E-state index in [0.29, 0.717) is 28.2 Å². The first kappa shape index (κ1) is 19.3. The lowest BCUT2D eigenvalue weighted by Gasteiger charge is -2.31. The van der Waals surface area contributed by atoms with E-state index < -0.39 is 10.0 Å². The van der Waals surface area contributed by atoms with Gasteiger partial charge in [-0.3, -0.25) is 9.52 Å². The lowest BCUT2D eigenvalue weighted by Crippen LogP contribution is -2.39. The Morgan fingerprint density at radius 1 is 1.04 bits per heavy atom. The van der Waals surface area contributed by atoms with Gasteiger partial charge in [0, 0.05) is 28.9 Å². The van der Waals surface area contributed by atoms with E-state index in [1.54, 1.807) is 36.4 Å². The number of carbonyl (C=O) groups excluding carboxylic acids is 1. The van der Waals surface area contributed by atoms with Crippen LogP contribution in [0.5, 0.6) is 0 Å². The quantitative estimate of drug-likeness (QED) is 0.792. The minimum Gasteiger partial charge on any atom is -0.335 e. The van der Waals surface area contributed by atoms with Gasteiger partial charge in [0.2, 0.25) is 0 Å². The van der Waals surface area contributed by atoms with E-state index in [1.165, 1.54) is 25.0 Å². The molecular formula is C21H23ClN2O3S. The van der Waals surface area contributed by atoms with Crippen LogP contribution in [0.4, 0.5) is 5.69 Å². The summed E-state index contributed by atoms with van der Waals surface area (Å²) in [4.78, 5) is 15.1. The van der Waals surface area contributed by atoms with Crippen LogP contribution >= 0.6 is 11.6 Å². The van der Waals surface area contributed by atoms with Crippen LogP contribution in [0.1, 0.15) is 42.5 Å². The van der Waals surface area contributed by atoms with Gasteiger partial charge < -0.3 is 4.90 Å². The molecule has 28 heavy (non-hydrogen) atoms. The third-order valence-corrected chi connectivity index (χ3v) is 7.39. The Morgan fingerprint density at radius 2 is 1.79 bits per heavy atom. The highest BCUT2D eigenvalue weighted by atomic mass is 35.5. The molecule has 2 atom stereocenters. The molecule has 1 heterocycles. The Balaban J connectivity index is 1.55. The molecule has 0 bridgehead atoms. The zero-order valence-electron chi connectivity index (χ0n) is 15.5. The molecule has 2 aromatic rings. The summed E-state index contributed by atoms with van der Waals surface area (Å²) in [5, 5.41) is 0.530. The van der Waals surface area contributed by atoms with Crippen molar-refractivity contribution in [2.75, 3.05) is 11.3 Å². The summed E-state index contributed by atoms with van der Waals surface area (Å²) >= 11 is 5.85. The molecule has 7 heteroatoms. The molecule has 2 aromatic carbocycles. The Kier molecular flexibility index (Phi) is 5.34. The number of benzene rings is 2. The van der Waals surface area contributed by atoms with E-state index in [2.05, 4.69) is 4.72 Å². The van der Waals surface area contributed by atoms with Gasteiger partial charge in [-0.05, 0) is 67.6 Å². The van der Waals surface area contributed by atoms with Crippen molar-refractivity contribution in [2.24, 2.45) is 5.92 Å². The number of carbonyl (C=O) groups is 1. The largest absolute Gasteiger partial charge is 0.335 e. The van der Waals surface area contributed by atoms with Crippen LogP contribution in [0.15, 0.2) is 53.4 Å². The van der Waals surface area contributed by atoms with Gasteiger partial charge in [-0.15, -0.1) is 0 Å². The average molecular weight is 419 g/mol. The lowest BCUT2D eigenvalue weighted by molar-refractivity contribution is 0.0690. The Labute approximate surface area is 170 Å². The van der Waals surface area contributed by atoms with Crippen molar-refractivity contribution in [3.8, 4) is 0 Å². The number of hydrogen-bond donors (Lipinski definition) is 1. The van der Waals surface area contributed by atoms with Crippen LogP contribution < -0.4 is 4.72 Å². The first-order valence-electron chi connectivity index (χ1n) is 9.63. The summed E-state index contributed by atoms with van der Waals surface area (Å²) in [6.07, 6.45) is 5.69. The second-order valence-corrected chi connectivity index (χ2v) is 9.66. The van der Waals surface area contributed by atoms with Gasteiger partial charge in [0.15, 0.2) is 0 Å². The van der Waals surface area contributed by atoms with Gasteiger partial charge in [0.25, 0.3) is 15.9 Å². The molecule has 1 aliphatic carbocycles. The highest BCUT2D eigenvalue weighted by Gasteiger charge is 2.38. The maximum Gasteiger partial charge on any atom is 0.261 e. The van der Waals surface area contributed by atoms with Crippen LogP contribution in [0.2, 0.25) is 5.02 Å². The van der Waals surface area contributed by atoms with E-state index in [0.717, 1.165) is 25.8 Å². The van der Waals surface area contributed by atoms with Crippen molar-refractivity contribution in [3.05, 3.63) is 59.1 Å². The summed E-state index contributed by atoms with van der Waals surface area (Å²) in [6, 6.07) is 13.0. The fourth-order valence-electron chi connectivity index (χ4n) is 4.35. The molecule has 1 saturated heterocycles. The molecular weight excluding hydrogens is 396 g/mol. The van der Waals surface area contributed by atoms with Gasteiger partial charge in [-0.2, -0.15) is 0 Å². The Morgan fingerprint density at radius 3 is 2.57 bits per heavy atom. The molecule has 5 nitrogen and oxygen atoms in total. The number of fused-ring (bicyclic) bond motifs is 1. The van der Waals surface area contributed by atoms with Crippen molar-refractivity contribution in [1.29, 1.82) is 0 Å². The third kappa shape index (κ3) is 3.89. The zero-order chi connectivity index (χ0) is 19.7. The molecule has 1 saturated carbocycles. The van der Waals surface area contributed by atoms with E-state index in [1.807, 2.05) is 4.90 Å². The number of amides is 1. The average Bonchev–Trinajstić information content (AvgIpc) is 3.13. The standard InChI is InChI=1S/C21H23ClN2O3S/c22-17-8-10-18(11-9-17)23-28(26,27)19-6-3-5-16(14-19)21(25)24-13-12-15-4-1-2-7-20(15)24/h3,5-6,8-11,14-15,20,23H,1-2,4,7,12-13H2. The summed E-state index contributed by atoms with van der Waals surface area (Å²) in [6.45, 7) is 0.758. The topological polar surface area (TPSA) is 66.5 Å². The molecule has 4 rings (SSSR count). The molecule has 1 aliphatic heterocycles. The molecule has 1 amide bonds. The molecule has 1 N–H and O–H groups in total. The minimum absolute atomic E-state index is 0.0713. The van der Waals surface area contributed by atoms with Crippen LogP contribution in [-0.2, 0) is 10.0 Å². The van der Waals surface area contributed by atoms with Crippen LogP contribution in [0.3, 0.4) is 0 Å². The predicted molar refractivity (Wildman–Crippen MR) is 110 cm³/mol. The minimum atomic E-state index is -3.79. The van der Waals surface area contributed by atoms with Gasteiger partial charge >= 0.3 is 0 Å². The third-order valence-electron chi connectivity index (χ3n) is 5.76. The number of halogens is 1. The van der Waals surface area contributed by atoms with E-state index >= 15 is 0 Å². The van der Waals surface area contributed by atoms with Crippen LogP contribution in [-0.4, -0.2) is 31.8 Å². The number of nitrogens with one attached hydrogen (secondary N) is 1. The fraction of sp³-hybridized carbons (Fsp3) is 0.381. The van der Waals surface area contributed by atoms with Crippen molar-refractivity contribution in [3.63, 3.8) is 0 Å². The normalized spacial score (nSPS) is 22.0. The molecule has 2 fully saturated rings. The van der Waals surface area contributed by atoms with Crippen molar-refractivity contribution in [2.45, 2.75) is 43.0 Å². The summed E-state index contributed by atoms with van der Waals surface area (Å²) < 4.78 is 28.0. The number of nitrogens with zero attached hydrogens (tertiary/aromatic N) is 1. The van der Waals surface area contributed by atoms with Gasteiger partial charge in [-0.1, -0.05) is 30.5 Å². The Hall–Kier alpha value is -2.05. The smallest absolute Gasteiger partial charge is 0.261 e. The molecule has 148 valence electrons. The lowest BCUT2D eigenvalue weighted by atomic mass is 9.85. The number of anilines is 1. The van der Waals surface area contributed by atoms with Gasteiger partial charge in [0.05, 0.1) is 4.90 Å². The molecule has 2 unspecified atom stereocenters. The highest BCUT2D eigenvalue weighted by Crippen LogP contribution is 2.37. The molecule has 0 radical (unpaired) electrons. The summed E-state index contributed by atoms with van der Waals surface area (Å²) in [5.74, 6) is 0.522. The molecule has 2 aliphatic rings. The van der Waals surface area contributed by atoms with E-state index in [4.69, 9.17) is 11.6 Å². The number of sulfonamides is 1. The van der Waals surface area contributed by atoms with Crippen molar-refractivity contribution < 1.29 is 13.2 Å². The predicted octanol–water partition coefficient (Wildman–Crippen LogP) is 4.55. The Bertz CT molecular complexity index is 975. The number of hydrogen-bond acceptors (Lipinski definition) is 3. The highest BCUT2D eigenvalue weighted by molar-refractivity contribution is 7.92. The second-order valence-electron chi connectivity index (χ2n) is 7.54. The molecule has 0 aromatic heterocycles. The first-order valence-corrected chi connectivity index (χ1v) is 11.5. The number of likely N-dealkylation sites (tertiary alicyclic amines) is 1. The second kappa shape index (κ2) is 7.76. The zero-order valence-corrected chi connectivity index (χ0v) is 17.0. The van der Waals surface area contributed by atoms with Gasteiger partial charge in [0.1, 0.15) is 0 Å². The number of rotatable bonds is 4. The van der Waals surface area contributed by atoms with Crippen LogP contribution in [0, 0.1) is 5.92 Å². The fourth-order valence-corrected chi connectivity index (χ4v) is 5.58. The van der Waals surface area contributed by atoms with E-state index in [-0.39, 0.29) is 10.8 Å². The van der Waals surface area contributed by atoms with Crippen molar-refractivity contribution >= 4 is 33.2 Å². The SMILES string of the molecule is O=C(c1cccc(S(=O)(=O)Nc2ccc(Cl)cc2)c1)N1CCC2CCCCC21. The van der Waals surface area contributed by atoms with Crippen molar-refractivity contribution in [1.82, 2.24) is 4.90 Å². The maximum atomic E-state index is 13.1. The maximum absolute atomic E-state index is 13.1. The summed E-state index contributed by atoms with van der Waals surface area (Å²) in [5.41, 5.74) is 0.843.